The van der Waals surface area contributed by atoms with Gasteiger partial charge in [0.05, 0.1) is 0 Å². The summed E-state index contributed by atoms with van der Waals surface area (Å²) in [6.45, 7) is 2.40. The Morgan fingerprint density at radius 2 is 1.40 bits per heavy atom. The quantitative estimate of drug-likeness (QED) is 0.556. The first kappa shape index (κ1) is 11.4. The first-order valence-corrected chi connectivity index (χ1v) is 4.36. The molecule has 82 valence electrons. The van der Waals surface area contributed by atoms with Crippen molar-refractivity contribution < 1.29 is 19.2 Å². The van der Waals surface area contributed by atoms with Crippen LogP contribution in [0.1, 0.15) is 13.8 Å². The summed E-state index contributed by atoms with van der Waals surface area (Å²) in [5.74, 6) is -2.12. The highest BCUT2D eigenvalue weighted by atomic mass is 16.2. The van der Waals surface area contributed by atoms with Crippen molar-refractivity contribution in [1.82, 2.24) is 9.80 Å². The van der Waals surface area contributed by atoms with Crippen LogP contribution in [0.5, 0.6) is 0 Å². The number of rotatable bonds is 1. The molecule has 1 rings (SSSR count). The first-order valence-electron chi connectivity index (χ1n) is 4.36. The van der Waals surface area contributed by atoms with Gasteiger partial charge in [-0.25, -0.2) is 4.79 Å². The molecule has 1 saturated heterocycles. The lowest BCUT2D eigenvalue weighted by Crippen LogP contribution is -2.64. The molecule has 0 bridgehead atoms. The molecule has 0 aliphatic carbocycles. The maximum absolute atomic E-state index is 11.7. The molecular weight excluding hydrogens is 200 g/mol. The number of nitrogens with zero attached hydrogens (tertiary/aromatic N) is 2. The fourth-order valence-corrected chi connectivity index (χ4v) is 1.46. The van der Waals surface area contributed by atoms with Gasteiger partial charge < -0.3 is 0 Å². The van der Waals surface area contributed by atoms with Crippen molar-refractivity contribution in [2.75, 3.05) is 14.1 Å². The molecule has 6 heteroatoms. The third-order valence-corrected chi connectivity index (χ3v) is 2.74. The van der Waals surface area contributed by atoms with E-state index in [0.29, 0.717) is 0 Å². The predicted molar refractivity (Wildman–Crippen MR) is 49.7 cm³/mol. The predicted octanol–water partition coefficient (Wildman–Crippen LogP) is -0.368. The number of imide groups is 2. The summed E-state index contributed by atoms with van der Waals surface area (Å²) in [7, 11) is 2.49. The Kier molecular flexibility index (Phi) is 2.38. The van der Waals surface area contributed by atoms with Gasteiger partial charge in [0.1, 0.15) is 0 Å². The topological polar surface area (TPSA) is 74.8 Å². The largest absolute Gasteiger partial charge is 0.332 e. The summed E-state index contributed by atoms with van der Waals surface area (Å²) in [5.41, 5.74) is -1.77. The molecule has 0 aromatic heterocycles. The van der Waals surface area contributed by atoms with Crippen LogP contribution in [0.4, 0.5) is 4.79 Å². The van der Waals surface area contributed by atoms with Gasteiger partial charge in [0.15, 0.2) is 11.2 Å². The monoisotopic (exact) mass is 212 g/mol. The highest BCUT2D eigenvalue weighted by molar-refractivity contribution is 6.29. The Labute approximate surface area is 86.8 Å². The lowest BCUT2D eigenvalue weighted by molar-refractivity contribution is -0.159. The molecular formula is C9H12N2O4. The zero-order valence-corrected chi connectivity index (χ0v) is 9.03. The van der Waals surface area contributed by atoms with Gasteiger partial charge in [0, 0.05) is 14.1 Å². The number of barbiturate groups is 1. The van der Waals surface area contributed by atoms with Crippen LogP contribution >= 0.6 is 0 Å². The molecule has 0 atom stereocenters. The van der Waals surface area contributed by atoms with E-state index in [0.717, 1.165) is 16.7 Å². The number of amides is 4. The van der Waals surface area contributed by atoms with Crippen LogP contribution < -0.4 is 0 Å². The van der Waals surface area contributed by atoms with Crippen molar-refractivity contribution in [2.24, 2.45) is 5.41 Å². The van der Waals surface area contributed by atoms with Gasteiger partial charge in [0.2, 0.25) is 0 Å². The summed E-state index contributed by atoms with van der Waals surface area (Å²) < 4.78 is 0. The molecule has 1 aliphatic heterocycles. The number of hydrogen-bond acceptors (Lipinski definition) is 4. The number of carbonyl (C=O) groups is 4. The van der Waals surface area contributed by atoms with Gasteiger partial charge in [-0.15, -0.1) is 0 Å². The second kappa shape index (κ2) is 3.15. The Morgan fingerprint density at radius 1 is 1.07 bits per heavy atom. The number of Topliss-reactive ketones (excluding diaryl/α,β-unsaturated/α-hetero) is 1. The molecule has 1 aliphatic rings. The van der Waals surface area contributed by atoms with Crippen LogP contribution in [0.15, 0.2) is 0 Å². The van der Waals surface area contributed by atoms with E-state index in [1.807, 2.05) is 0 Å². The normalized spacial score (nSPS) is 20.9. The number of ketones is 1. The van der Waals surface area contributed by atoms with Crippen LogP contribution in [0, 0.1) is 5.41 Å². The molecule has 0 spiro atoms. The van der Waals surface area contributed by atoms with Crippen molar-refractivity contribution >= 4 is 23.6 Å². The van der Waals surface area contributed by atoms with Gasteiger partial charge in [-0.1, -0.05) is 0 Å². The molecule has 0 aromatic carbocycles. The number of carbonyl (C=O) groups excluding carboxylic acids is 4. The maximum Gasteiger partial charge on any atom is 0.332 e. The van der Waals surface area contributed by atoms with E-state index in [9.17, 15) is 19.2 Å². The fraction of sp³-hybridized carbons (Fsp3) is 0.556. The molecule has 0 radical (unpaired) electrons. The average molecular weight is 212 g/mol. The first-order chi connectivity index (χ1) is 6.74. The molecule has 0 N–H and O–H groups in total. The maximum atomic E-state index is 11.7. The lowest BCUT2D eigenvalue weighted by atomic mass is 9.82. The van der Waals surface area contributed by atoms with Crippen molar-refractivity contribution in [2.45, 2.75) is 13.8 Å². The van der Waals surface area contributed by atoms with E-state index in [4.69, 9.17) is 0 Å². The lowest BCUT2D eigenvalue weighted by Gasteiger charge is -2.37. The van der Waals surface area contributed by atoms with Crippen LogP contribution in [0.3, 0.4) is 0 Å². The second-order valence-electron chi connectivity index (χ2n) is 3.69. The van der Waals surface area contributed by atoms with E-state index in [2.05, 4.69) is 0 Å². The van der Waals surface area contributed by atoms with Gasteiger partial charge >= 0.3 is 6.03 Å². The van der Waals surface area contributed by atoms with E-state index in [1.165, 1.54) is 21.0 Å². The molecule has 1 heterocycles. The van der Waals surface area contributed by atoms with Crippen LogP contribution in [0.25, 0.3) is 0 Å². The van der Waals surface area contributed by atoms with Gasteiger partial charge in [-0.2, -0.15) is 0 Å². The Bertz CT molecular complexity index is 350. The molecule has 4 amide bonds. The smallest absolute Gasteiger partial charge is 0.298 e. The summed E-state index contributed by atoms with van der Waals surface area (Å²) in [5, 5.41) is 0. The third-order valence-electron chi connectivity index (χ3n) is 2.74. The van der Waals surface area contributed by atoms with Crippen molar-refractivity contribution in [3.63, 3.8) is 0 Å². The fourth-order valence-electron chi connectivity index (χ4n) is 1.46. The van der Waals surface area contributed by atoms with E-state index >= 15 is 0 Å². The molecule has 15 heavy (non-hydrogen) atoms. The SMILES string of the molecule is CC(=O)C1(C)C(=O)N(C)C(=O)N(C)C1=O. The average Bonchev–Trinajstić information content (AvgIpc) is 2.20. The minimum Gasteiger partial charge on any atom is -0.298 e. The number of urea groups is 1. The summed E-state index contributed by atoms with van der Waals surface area (Å²) in [6, 6.07) is -0.719. The Balaban J connectivity index is 3.31. The van der Waals surface area contributed by atoms with Crippen LogP contribution in [0.2, 0.25) is 0 Å². The minimum atomic E-state index is -1.77. The van der Waals surface area contributed by atoms with Crippen molar-refractivity contribution in [1.29, 1.82) is 0 Å². The molecule has 0 saturated carbocycles. The van der Waals surface area contributed by atoms with Crippen molar-refractivity contribution in [3.05, 3.63) is 0 Å². The molecule has 6 nitrogen and oxygen atoms in total. The minimum absolute atomic E-state index is 0.566. The number of hydrogen-bond donors (Lipinski definition) is 0. The standard InChI is InChI=1S/C9H12N2O4/c1-5(12)9(2)6(13)10(3)8(15)11(4)7(9)14/h1-4H3. The van der Waals surface area contributed by atoms with E-state index in [1.54, 1.807) is 0 Å². The van der Waals surface area contributed by atoms with E-state index < -0.39 is 29.0 Å². The Hall–Kier alpha value is -1.72. The van der Waals surface area contributed by atoms with Gasteiger partial charge in [0.25, 0.3) is 11.8 Å². The molecule has 1 fully saturated rings. The molecule has 0 aromatic rings. The van der Waals surface area contributed by atoms with Crippen molar-refractivity contribution in [3.8, 4) is 0 Å². The second-order valence-corrected chi connectivity index (χ2v) is 3.69. The summed E-state index contributed by atoms with van der Waals surface area (Å²) >= 11 is 0. The van der Waals surface area contributed by atoms with E-state index in [-0.39, 0.29) is 0 Å². The third kappa shape index (κ3) is 1.25. The van der Waals surface area contributed by atoms with Gasteiger partial charge in [-0.05, 0) is 13.8 Å². The zero-order valence-electron chi connectivity index (χ0n) is 9.03. The summed E-state index contributed by atoms with van der Waals surface area (Å²) in [6.07, 6.45) is 0. The highest BCUT2D eigenvalue weighted by Gasteiger charge is 2.55. The van der Waals surface area contributed by atoms with Crippen LogP contribution in [-0.2, 0) is 14.4 Å². The van der Waals surface area contributed by atoms with Crippen LogP contribution in [-0.4, -0.2) is 47.5 Å². The highest BCUT2D eigenvalue weighted by Crippen LogP contribution is 2.28. The molecule has 0 unspecified atom stereocenters. The van der Waals surface area contributed by atoms with Gasteiger partial charge in [-0.3, -0.25) is 24.2 Å². The summed E-state index contributed by atoms with van der Waals surface area (Å²) in [4.78, 5) is 47.6. The Morgan fingerprint density at radius 3 is 1.67 bits per heavy atom. The zero-order chi connectivity index (χ0) is 12.0.